The molecule has 3 aromatic rings. The van der Waals surface area contributed by atoms with Crippen molar-refractivity contribution in [3.05, 3.63) is 65.0 Å². The second kappa shape index (κ2) is 9.94. The number of thiazole rings is 1. The van der Waals surface area contributed by atoms with Crippen molar-refractivity contribution in [2.45, 2.75) is 26.2 Å². The maximum absolute atomic E-state index is 14.1. The minimum atomic E-state index is -0.737. The van der Waals surface area contributed by atoms with E-state index in [2.05, 4.69) is 22.4 Å². The van der Waals surface area contributed by atoms with Crippen LogP contribution in [0.4, 0.5) is 13.9 Å². The van der Waals surface area contributed by atoms with Crippen molar-refractivity contribution in [2.75, 3.05) is 12.0 Å². The van der Waals surface area contributed by atoms with Crippen LogP contribution in [0.25, 0.3) is 11.3 Å². The fraction of sp³-hybridized carbons (Fsp3) is 0.238. The Morgan fingerprint density at radius 3 is 2.61 bits per heavy atom. The highest BCUT2D eigenvalue weighted by atomic mass is 32.1. The van der Waals surface area contributed by atoms with Gasteiger partial charge in [-0.1, -0.05) is 50.1 Å². The number of ether oxygens (including phenoxy) is 1. The SMILES string of the molecule is CCCCCOc1c(F)cc(C=NNc2nc(-c3ccccc3)cs2)cc1F. The largest absolute Gasteiger partial charge is 0.488 e. The summed E-state index contributed by atoms with van der Waals surface area (Å²) in [7, 11) is 0. The third-order valence-electron chi connectivity index (χ3n) is 3.96. The molecular formula is C21H21F2N3OS. The van der Waals surface area contributed by atoms with Crippen molar-refractivity contribution < 1.29 is 13.5 Å². The lowest BCUT2D eigenvalue weighted by atomic mass is 10.2. The van der Waals surface area contributed by atoms with Gasteiger partial charge in [-0.05, 0) is 18.6 Å². The van der Waals surface area contributed by atoms with E-state index in [-0.39, 0.29) is 5.75 Å². The fourth-order valence-corrected chi connectivity index (χ4v) is 3.22. The minimum absolute atomic E-state index is 0.295. The molecule has 0 bridgehead atoms. The van der Waals surface area contributed by atoms with Crippen molar-refractivity contribution in [2.24, 2.45) is 5.10 Å². The van der Waals surface area contributed by atoms with Crippen LogP contribution in [-0.4, -0.2) is 17.8 Å². The van der Waals surface area contributed by atoms with Crippen LogP contribution in [0, 0.1) is 11.6 Å². The van der Waals surface area contributed by atoms with E-state index < -0.39 is 11.6 Å². The van der Waals surface area contributed by atoms with Crippen molar-refractivity contribution in [1.29, 1.82) is 0 Å². The molecule has 0 aliphatic carbocycles. The number of halogens is 2. The zero-order chi connectivity index (χ0) is 19.8. The number of benzene rings is 2. The molecule has 0 fully saturated rings. The Hall–Kier alpha value is -2.80. The molecule has 0 saturated heterocycles. The predicted octanol–water partition coefficient (Wildman–Crippen LogP) is 6.10. The van der Waals surface area contributed by atoms with Gasteiger partial charge in [-0.3, -0.25) is 5.43 Å². The van der Waals surface area contributed by atoms with Crippen molar-refractivity contribution in [3.8, 4) is 17.0 Å². The molecule has 1 aromatic heterocycles. The summed E-state index contributed by atoms with van der Waals surface area (Å²) in [6.07, 6.45) is 4.09. The van der Waals surface area contributed by atoms with E-state index in [9.17, 15) is 8.78 Å². The second-order valence-electron chi connectivity index (χ2n) is 6.14. The lowest BCUT2D eigenvalue weighted by Crippen LogP contribution is -2.02. The number of anilines is 1. The Labute approximate surface area is 166 Å². The molecule has 2 aromatic carbocycles. The normalized spacial score (nSPS) is 11.1. The number of aromatic nitrogens is 1. The molecule has 0 aliphatic heterocycles. The molecule has 1 N–H and O–H groups in total. The lowest BCUT2D eigenvalue weighted by molar-refractivity contribution is 0.276. The van der Waals surface area contributed by atoms with E-state index in [1.54, 1.807) is 0 Å². The van der Waals surface area contributed by atoms with Crippen LogP contribution in [0.15, 0.2) is 52.9 Å². The topological polar surface area (TPSA) is 46.5 Å². The maximum Gasteiger partial charge on any atom is 0.203 e. The Kier molecular flexibility index (Phi) is 7.08. The molecule has 0 saturated carbocycles. The number of unbranched alkanes of at least 4 members (excludes halogenated alkanes) is 2. The van der Waals surface area contributed by atoms with Crippen LogP contribution < -0.4 is 10.2 Å². The highest BCUT2D eigenvalue weighted by molar-refractivity contribution is 7.14. The van der Waals surface area contributed by atoms with Crippen LogP contribution in [0.2, 0.25) is 0 Å². The van der Waals surface area contributed by atoms with Gasteiger partial charge in [0.25, 0.3) is 0 Å². The summed E-state index contributed by atoms with van der Waals surface area (Å²) in [5, 5.41) is 6.52. The first-order valence-corrected chi connectivity index (χ1v) is 9.97. The molecule has 0 amide bonds. The monoisotopic (exact) mass is 401 g/mol. The molecule has 3 rings (SSSR count). The van der Waals surface area contributed by atoms with Gasteiger partial charge in [0.1, 0.15) is 0 Å². The molecule has 7 heteroatoms. The van der Waals surface area contributed by atoms with Crippen molar-refractivity contribution >= 4 is 22.7 Å². The van der Waals surface area contributed by atoms with Crippen LogP contribution in [0.1, 0.15) is 31.7 Å². The van der Waals surface area contributed by atoms with Gasteiger partial charge in [-0.2, -0.15) is 5.10 Å². The average Bonchev–Trinajstić information content (AvgIpc) is 3.16. The zero-order valence-electron chi connectivity index (χ0n) is 15.5. The van der Waals surface area contributed by atoms with E-state index in [0.717, 1.165) is 30.5 Å². The summed E-state index contributed by atoms with van der Waals surface area (Å²) < 4.78 is 33.4. The molecule has 1 heterocycles. The first-order chi connectivity index (χ1) is 13.7. The molecule has 4 nitrogen and oxygen atoms in total. The Morgan fingerprint density at radius 2 is 1.89 bits per heavy atom. The van der Waals surface area contributed by atoms with Gasteiger partial charge in [0.15, 0.2) is 17.4 Å². The van der Waals surface area contributed by atoms with Crippen molar-refractivity contribution in [1.82, 2.24) is 4.98 Å². The maximum atomic E-state index is 14.1. The van der Waals surface area contributed by atoms with Crippen LogP contribution in [0.5, 0.6) is 5.75 Å². The Balaban J connectivity index is 1.61. The smallest absolute Gasteiger partial charge is 0.203 e. The number of hydrogen-bond donors (Lipinski definition) is 1. The summed E-state index contributed by atoms with van der Waals surface area (Å²) in [5.41, 5.74) is 4.93. The highest BCUT2D eigenvalue weighted by Crippen LogP contribution is 2.25. The van der Waals surface area contributed by atoms with E-state index >= 15 is 0 Å². The van der Waals surface area contributed by atoms with Crippen molar-refractivity contribution in [3.63, 3.8) is 0 Å². The van der Waals surface area contributed by atoms with Crippen LogP contribution >= 0.6 is 11.3 Å². The summed E-state index contributed by atoms with van der Waals surface area (Å²) >= 11 is 1.40. The molecule has 0 unspecified atom stereocenters. The standard InChI is InChI=1S/C21H21F2N3OS/c1-2-3-7-10-27-20-17(22)11-15(12-18(20)23)13-24-26-21-25-19(14-28-21)16-8-5-4-6-9-16/h4-6,8-9,11-14H,2-3,7,10H2,1H3,(H,25,26). The number of nitrogens with one attached hydrogen (secondary N) is 1. The molecule has 0 radical (unpaired) electrons. The van der Waals surface area contributed by atoms with Gasteiger partial charge in [-0.25, -0.2) is 13.8 Å². The molecule has 0 atom stereocenters. The number of hydrazone groups is 1. The van der Waals surface area contributed by atoms with Gasteiger partial charge < -0.3 is 4.74 Å². The average molecular weight is 401 g/mol. The van der Waals surface area contributed by atoms with Gasteiger partial charge in [0.2, 0.25) is 5.13 Å². The second-order valence-corrected chi connectivity index (χ2v) is 7.00. The molecular weight excluding hydrogens is 380 g/mol. The van der Waals surface area contributed by atoms with E-state index in [1.165, 1.54) is 29.7 Å². The zero-order valence-corrected chi connectivity index (χ0v) is 16.3. The van der Waals surface area contributed by atoms with Gasteiger partial charge in [0, 0.05) is 16.5 Å². The lowest BCUT2D eigenvalue weighted by Gasteiger charge is -2.08. The summed E-state index contributed by atoms with van der Waals surface area (Å²) in [6.45, 7) is 2.35. The fourth-order valence-electron chi connectivity index (χ4n) is 2.55. The third-order valence-corrected chi connectivity index (χ3v) is 4.71. The molecule has 0 aliphatic rings. The predicted molar refractivity (Wildman–Crippen MR) is 110 cm³/mol. The first kappa shape index (κ1) is 19.9. The summed E-state index contributed by atoms with van der Waals surface area (Å²) in [4.78, 5) is 4.44. The minimum Gasteiger partial charge on any atom is -0.488 e. The van der Waals surface area contributed by atoms with Gasteiger partial charge in [0.05, 0.1) is 18.5 Å². The summed E-state index contributed by atoms with van der Waals surface area (Å²) in [6, 6.07) is 12.2. The number of nitrogens with zero attached hydrogens (tertiary/aromatic N) is 2. The van der Waals surface area contributed by atoms with E-state index in [1.807, 2.05) is 35.7 Å². The number of hydrogen-bond acceptors (Lipinski definition) is 5. The Morgan fingerprint density at radius 1 is 1.14 bits per heavy atom. The summed E-state index contributed by atoms with van der Waals surface area (Å²) in [5.74, 6) is -1.81. The molecule has 28 heavy (non-hydrogen) atoms. The number of rotatable bonds is 9. The quantitative estimate of drug-likeness (QED) is 0.268. The van der Waals surface area contributed by atoms with E-state index in [0.29, 0.717) is 17.3 Å². The van der Waals surface area contributed by atoms with Crippen LogP contribution in [-0.2, 0) is 0 Å². The van der Waals surface area contributed by atoms with Gasteiger partial charge in [-0.15, -0.1) is 11.3 Å². The molecule has 146 valence electrons. The third kappa shape index (κ3) is 5.36. The Bertz CT molecular complexity index is 905. The molecule has 0 spiro atoms. The highest BCUT2D eigenvalue weighted by Gasteiger charge is 2.12. The van der Waals surface area contributed by atoms with Gasteiger partial charge >= 0.3 is 0 Å². The van der Waals surface area contributed by atoms with E-state index in [4.69, 9.17) is 4.74 Å². The van der Waals surface area contributed by atoms with Crippen LogP contribution in [0.3, 0.4) is 0 Å². The first-order valence-electron chi connectivity index (χ1n) is 9.09.